The van der Waals surface area contributed by atoms with E-state index in [4.69, 9.17) is 9.59 Å². The molecule has 0 spiro atoms. The van der Waals surface area contributed by atoms with E-state index in [1.807, 2.05) is 46.5 Å². The van der Waals surface area contributed by atoms with E-state index in [9.17, 15) is 13.6 Å². The number of aromatic nitrogens is 2. The smallest absolute Gasteiger partial charge is 0.212 e. The van der Waals surface area contributed by atoms with Gasteiger partial charge >= 0.3 is 0 Å². The van der Waals surface area contributed by atoms with Crippen LogP contribution in [0.2, 0.25) is 0 Å². The highest BCUT2D eigenvalue weighted by Crippen LogP contribution is 2.18. The molecule has 1 aromatic heterocycles. The molecule has 1 heterocycles. The lowest BCUT2D eigenvalue weighted by atomic mass is 10.1. The first-order valence-electron chi connectivity index (χ1n) is 9.23. The van der Waals surface area contributed by atoms with Crippen LogP contribution in [0.25, 0.3) is 5.69 Å². The number of ketones is 1. The molecule has 2 aromatic carbocycles. The van der Waals surface area contributed by atoms with Gasteiger partial charge in [-0.3, -0.25) is 4.79 Å². The number of carbonyl (C=O) groups excluding carboxylic acids is 3. The minimum absolute atomic E-state index is 0.232. The SMILES string of the molecule is C=O.C=O.CC.CN.Cc1ccc(C(=O)c2cn(-c3cc(F)cc(F)c3)c(C)n2)cc1. The highest BCUT2D eigenvalue weighted by Gasteiger charge is 2.15. The van der Waals surface area contributed by atoms with E-state index in [-0.39, 0.29) is 17.2 Å². The summed E-state index contributed by atoms with van der Waals surface area (Å²) in [5.74, 6) is -1.12. The summed E-state index contributed by atoms with van der Waals surface area (Å²) in [5.41, 5.74) is 6.59. The van der Waals surface area contributed by atoms with Gasteiger partial charge in [-0.15, -0.1) is 0 Å². The summed E-state index contributed by atoms with van der Waals surface area (Å²) in [6.45, 7) is 11.6. The molecule has 0 aliphatic carbocycles. The first kappa shape index (κ1) is 29.7. The van der Waals surface area contributed by atoms with Gasteiger partial charge in [-0.25, -0.2) is 13.8 Å². The highest BCUT2D eigenvalue weighted by atomic mass is 19.1. The van der Waals surface area contributed by atoms with E-state index in [1.54, 1.807) is 19.1 Å². The van der Waals surface area contributed by atoms with Crippen molar-refractivity contribution in [2.24, 2.45) is 5.73 Å². The molecule has 0 aliphatic heterocycles. The van der Waals surface area contributed by atoms with Gasteiger partial charge in [0.1, 0.15) is 36.7 Å². The average Bonchev–Trinajstić information content (AvgIpc) is 3.20. The van der Waals surface area contributed by atoms with E-state index in [2.05, 4.69) is 10.7 Å². The molecule has 0 saturated heterocycles. The molecule has 6 nitrogen and oxygen atoms in total. The standard InChI is InChI=1S/C18H14F2N2O.C2H6.CH5N.2CH2O/c1-11-3-5-13(6-4-11)18(23)17-10-22(12(2)21-17)16-8-14(19)7-15(20)9-16;4*1-2/h3-10H,1-2H3;1-2H3;2H2,1H3;2*1H2. The topological polar surface area (TPSA) is 95.0 Å². The van der Waals surface area contributed by atoms with Crippen LogP contribution in [0.4, 0.5) is 8.78 Å². The van der Waals surface area contributed by atoms with Crippen molar-refractivity contribution >= 4 is 19.4 Å². The molecular weight excluding hydrogens is 404 g/mol. The fourth-order valence-electron chi connectivity index (χ4n) is 2.37. The minimum atomic E-state index is -0.681. The maximum Gasteiger partial charge on any atom is 0.212 e. The van der Waals surface area contributed by atoms with Crippen molar-refractivity contribution in [3.8, 4) is 5.69 Å². The van der Waals surface area contributed by atoms with Gasteiger partial charge in [0.2, 0.25) is 5.78 Å². The number of nitrogens with two attached hydrogens (primary N) is 1. The maximum atomic E-state index is 13.4. The summed E-state index contributed by atoms with van der Waals surface area (Å²) >= 11 is 0. The largest absolute Gasteiger partial charge is 0.333 e. The number of hydrogen-bond donors (Lipinski definition) is 1. The Hall–Kier alpha value is -3.52. The summed E-state index contributed by atoms with van der Waals surface area (Å²) in [6, 6.07) is 10.3. The first-order chi connectivity index (χ1) is 14.9. The average molecular weight is 433 g/mol. The molecule has 3 aromatic rings. The monoisotopic (exact) mass is 433 g/mol. The molecule has 0 amide bonds. The number of halogens is 2. The molecule has 31 heavy (non-hydrogen) atoms. The molecule has 0 fully saturated rings. The van der Waals surface area contributed by atoms with Gasteiger partial charge in [-0.1, -0.05) is 43.7 Å². The number of benzene rings is 2. The summed E-state index contributed by atoms with van der Waals surface area (Å²) in [7, 11) is 1.50. The third kappa shape index (κ3) is 8.79. The third-order valence-electron chi connectivity index (χ3n) is 3.55. The third-order valence-corrected chi connectivity index (χ3v) is 3.55. The number of hydrogen-bond acceptors (Lipinski definition) is 5. The number of aryl methyl sites for hydroxylation is 2. The van der Waals surface area contributed by atoms with Crippen LogP contribution in [-0.2, 0) is 9.59 Å². The number of rotatable bonds is 3. The fourth-order valence-corrected chi connectivity index (χ4v) is 2.37. The van der Waals surface area contributed by atoms with Gasteiger partial charge in [-0.05, 0) is 33.0 Å². The molecule has 0 saturated carbocycles. The Morgan fingerprint density at radius 2 is 1.35 bits per heavy atom. The zero-order chi connectivity index (χ0) is 24.6. The van der Waals surface area contributed by atoms with Crippen molar-refractivity contribution in [3.05, 3.63) is 82.9 Å². The van der Waals surface area contributed by atoms with E-state index in [0.29, 0.717) is 11.4 Å². The summed E-state index contributed by atoms with van der Waals surface area (Å²) in [4.78, 5) is 32.7. The van der Waals surface area contributed by atoms with Gasteiger partial charge in [-0.2, -0.15) is 0 Å². The van der Waals surface area contributed by atoms with E-state index in [1.165, 1.54) is 29.9 Å². The Morgan fingerprint density at radius 1 is 0.903 bits per heavy atom. The molecular formula is C23H29F2N3O3. The molecule has 8 heteroatoms. The first-order valence-corrected chi connectivity index (χ1v) is 9.23. The van der Waals surface area contributed by atoms with Crippen LogP contribution in [0.5, 0.6) is 0 Å². The Balaban J connectivity index is 0. The summed E-state index contributed by atoms with van der Waals surface area (Å²) < 4.78 is 28.2. The minimum Gasteiger partial charge on any atom is -0.333 e. The lowest BCUT2D eigenvalue weighted by Crippen LogP contribution is -2.01. The molecule has 0 unspecified atom stereocenters. The molecule has 0 radical (unpaired) electrons. The molecule has 168 valence electrons. The highest BCUT2D eigenvalue weighted by molar-refractivity contribution is 6.07. The van der Waals surface area contributed by atoms with Gasteiger partial charge in [0.15, 0.2) is 0 Å². The molecule has 0 bridgehead atoms. The number of carbonyl (C=O) groups is 3. The second-order valence-corrected chi connectivity index (χ2v) is 5.37. The van der Waals surface area contributed by atoms with Crippen molar-refractivity contribution in [1.29, 1.82) is 0 Å². The van der Waals surface area contributed by atoms with E-state index in [0.717, 1.165) is 11.6 Å². The van der Waals surface area contributed by atoms with Gasteiger partial charge in [0.05, 0.1) is 5.69 Å². The van der Waals surface area contributed by atoms with Crippen molar-refractivity contribution in [1.82, 2.24) is 9.55 Å². The van der Waals surface area contributed by atoms with Crippen molar-refractivity contribution in [2.45, 2.75) is 27.7 Å². The Labute approximate surface area is 181 Å². The Bertz CT molecular complexity index is 904. The zero-order valence-electron chi connectivity index (χ0n) is 18.5. The van der Waals surface area contributed by atoms with Crippen LogP contribution in [-0.4, -0.2) is 36.0 Å². The van der Waals surface area contributed by atoms with Crippen LogP contribution < -0.4 is 5.73 Å². The molecule has 0 aliphatic rings. The Kier molecular flexibility index (Phi) is 15.6. The van der Waals surface area contributed by atoms with Crippen LogP contribution in [0, 0.1) is 25.5 Å². The zero-order valence-corrected chi connectivity index (χ0v) is 18.5. The normalized spacial score (nSPS) is 8.65. The van der Waals surface area contributed by atoms with Gasteiger partial charge in [0, 0.05) is 17.8 Å². The van der Waals surface area contributed by atoms with Crippen molar-refractivity contribution < 1.29 is 23.2 Å². The van der Waals surface area contributed by atoms with Crippen LogP contribution in [0.15, 0.2) is 48.7 Å². The quantitative estimate of drug-likeness (QED) is 0.624. The lowest BCUT2D eigenvalue weighted by molar-refractivity contribution is -0.0987. The predicted molar refractivity (Wildman–Crippen MR) is 119 cm³/mol. The van der Waals surface area contributed by atoms with Crippen molar-refractivity contribution in [2.75, 3.05) is 7.05 Å². The second-order valence-electron chi connectivity index (χ2n) is 5.37. The van der Waals surface area contributed by atoms with Gasteiger partial charge < -0.3 is 19.9 Å². The Morgan fingerprint density at radius 3 is 1.81 bits per heavy atom. The number of nitrogens with zero attached hydrogens (tertiary/aromatic N) is 2. The summed E-state index contributed by atoms with van der Waals surface area (Å²) in [5, 5.41) is 0. The fraction of sp³-hybridized carbons (Fsp3) is 0.217. The number of imidazole rings is 1. The molecule has 0 atom stereocenters. The molecule has 3 rings (SSSR count). The van der Waals surface area contributed by atoms with E-state index < -0.39 is 11.6 Å². The molecule has 2 N–H and O–H groups in total. The maximum absolute atomic E-state index is 13.4. The summed E-state index contributed by atoms with van der Waals surface area (Å²) in [6.07, 6.45) is 1.49. The lowest BCUT2D eigenvalue weighted by Gasteiger charge is -2.04. The van der Waals surface area contributed by atoms with E-state index >= 15 is 0 Å². The van der Waals surface area contributed by atoms with Gasteiger partial charge in [0.25, 0.3) is 0 Å². The second kappa shape index (κ2) is 16.3. The van der Waals surface area contributed by atoms with Crippen molar-refractivity contribution in [3.63, 3.8) is 0 Å². The van der Waals surface area contributed by atoms with Crippen LogP contribution in [0.1, 0.15) is 41.3 Å². The predicted octanol–water partition coefficient (Wildman–Crippen LogP) is 4.23. The van der Waals surface area contributed by atoms with Crippen LogP contribution in [0.3, 0.4) is 0 Å². The van der Waals surface area contributed by atoms with Crippen LogP contribution >= 0.6 is 0 Å².